The SMILES string of the molecule is Cc1ncc(CO)c(CNCC(C)(O)CC(C)C)c1O. The van der Waals surface area contributed by atoms with Crippen molar-refractivity contribution >= 4 is 0 Å². The van der Waals surface area contributed by atoms with Crippen molar-refractivity contribution in [2.75, 3.05) is 6.54 Å². The van der Waals surface area contributed by atoms with Crippen LogP contribution in [0.5, 0.6) is 5.75 Å². The Labute approximate surface area is 120 Å². The molecule has 5 nitrogen and oxygen atoms in total. The summed E-state index contributed by atoms with van der Waals surface area (Å²) < 4.78 is 0. The van der Waals surface area contributed by atoms with Gasteiger partial charge in [0.15, 0.2) is 0 Å². The Morgan fingerprint density at radius 3 is 2.60 bits per heavy atom. The molecular weight excluding hydrogens is 256 g/mol. The van der Waals surface area contributed by atoms with Crippen LogP contribution in [-0.4, -0.2) is 32.4 Å². The molecule has 0 amide bonds. The zero-order chi connectivity index (χ0) is 15.3. The first kappa shape index (κ1) is 16.9. The van der Waals surface area contributed by atoms with E-state index in [0.29, 0.717) is 42.2 Å². The number of rotatable bonds is 7. The zero-order valence-corrected chi connectivity index (χ0v) is 12.8. The number of aromatic hydroxyl groups is 1. The van der Waals surface area contributed by atoms with Gasteiger partial charge in [-0.15, -0.1) is 0 Å². The Kier molecular flexibility index (Phi) is 5.92. The van der Waals surface area contributed by atoms with Crippen LogP contribution in [0.25, 0.3) is 0 Å². The standard InChI is InChI=1S/C15H26N2O3/c1-10(2)5-15(4,20)9-16-7-13-12(8-18)6-17-11(3)14(13)19/h6,10,16,18-20H,5,7-9H2,1-4H3. The second kappa shape index (κ2) is 7.02. The molecule has 0 radical (unpaired) electrons. The highest BCUT2D eigenvalue weighted by atomic mass is 16.3. The Morgan fingerprint density at radius 1 is 1.40 bits per heavy atom. The number of aromatic nitrogens is 1. The fourth-order valence-electron chi connectivity index (χ4n) is 2.43. The van der Waals surface area contributed by atoms with E-state index in [-0.39, 0.29) is 12.4 Å². The van der Waals surface area contributed by atoms with E-state index in [4.69, 9.17) is 0 Å². The molecule has 0 aliphatic heterocycles. The molecule has 0 saturated carbocycles. The molecule has 1 aromatic rings. The van der Waals surface area contributed by atoms with Crippen LogP contribution in [0.15, 0.2) is 6.20 Å². The molecule has 1 rings (SSSR count). The molecule has 1 atom stereocenters. The van der Waals surface area contributed by atoms with Gasteiger partial charge in [0, 0.05) is 30.4 Å². The number of pyridine rings is 1. The third kappa shape index (κ3) is 4.74. The second-order valence-corrected chi connectivity index (χ2v) is 6.05. The number of aliphatic hydroxyl groups is 2. The smallest absolute Gasteiger partial charge is 0.141 e. The minimum atomic E-state index is -0.786. The largest absolute Gasteiger partial charge is 0.506 e. The van der Waals surface area contributed by atoms with Crippen LogP contribution >= 0.6 is 0 Å². The van der Waals surface area contributed by atoms with Gasteiger partial charge in [-0.3, -0.25) is 4.98 Å². The second-order valence-electron chi connectivity index (χ2n) is 6.05. The predicted octanol–water partition coefficient (Wildman–Crippen LogP) is 1.47. The van der Waals surface area contributed by atoms with Gasteiger partial charge in [0.05, 0.1) is 17.9 Å². The van der Waals surface area contributed by atoms with Crippen molar-refractivity contribution in [3.8, 4) is 5.75 Å². The van der Waals surface area contributed by atoms with Crippen molar-refractivity contribution in [1.82, 2.24) is 10.3 Å². The summed E-state index contributed by atoms with van der Waals surface area (Å²) in [5.41, 5.74) is 0.989. The first-order valence-corrected chi connectivity index (χ1v) is 6.97. The lowest BCUT2D eigenvalue weighted by molar-refractivity contribution is 0.0382. The topological polar surface area (TPSA) is 85.6 Å². The molecule has 1 aromatic heterocycles. The lowest BCUT2D eigenvalue weighted by Gasteiger charge is -2.26. The maximum Gasteiger partial charge on any atom is 0.141 e. The molecule has 5 heteroatoms. The molecule has 0 aliphatic carbocycles. The molecule has 0 aromatic carbocycles. The summed E-state index contributed by atoms with van der Waals surface area (Å²) in [6.45, 7) is 8.29. The van der Waals surface area contributed by atoms with Gasteiger partial charge in [0.1, 0.15) is 5.75 Å². The molecule has 114 valence electrons. The summed E-state index contributed by atoms with van der Waals surface area (Å²) in [5.74, 6) is 0.518. The molecule has 1 heterocycles. The number of hydrogen-bond donors (Lipinski definition) is 4. The Hall–Kier alpha value is -1.17. The Morgan fingerprint density at radius 2 is 2.05 bits per heavy atom. The monoisotopic (exact) mass is 282 g/mol. The van der Waals surface area contributed by atoms with E-state index >= 15 is 0 Å². The maximum atomic E-state index is 10.2. The molecule has 0 fully saturated rings. The first-order valence-electron chi connectivity index (χ1n) is 6.97. The van der Waals surface area contributed by atoms with Crippen molar-refractivity contribution in [3.05, 3.63) is 23.0 Å². The molecule has 0 bridgehead atoms. The molecule has 20 heavy (non-hydrogen) atoms. The summed E-state index contributed by atoms with van der Waals surface area (Å²) >= 11 is 0. The van der Waals surface area contributed by atoms with E-state index in [1.54, 1.807) is 20.0 Å². The number of aryl methyl sites for hydroxylation is 1. The number of nitrogens with zero attached hydrogens (tertiary/aromatic N) is 1. The van der Waals surface area contributed by atoms with Gasteiger partial charge in [-0.25, -0.2) is 0 Å². The van der Waals surface area contributed by atoms with Crippen molar-refractivity contribution in [3.63, 3.8) is 0 Å². The lowest BCUT2D eigenvalue weighted by Crippen LogP contribution is -2.38. The number of hydrogen-bond acceptors (Lipinski definition) is 5. The number of aliphatic hydroxyl groups excluding tert-OH is 1. The molecule has 1 unspecified atom stereocenters. The van der Waals surface area contributed by atoms with Gasteiger partial charge in [0.2, 0.25) is 0 Å². The summed E-state index contributed by atoms with van der Waals surface area (Å²) in [5, 5.41) is 32.7. The van der Waals surface area contributed by atoms with Gasteiger partial charge >= 0.3 is 0 Å². The molecule has 4 N–H and O–H groups in total. The van der Waals surface area contributed by atoms with Crippen LogP contribution in [0.3, 0.4) is 0 Å². The zero-order valence-electron chi connectivity index (χ0n) is 12.8. The lowest BCUT2D eigenvalue weighted by atomic mass is 9.94. The molecular formula is C15H26N2O3. The van der Waals surface area contributed by atoms with Crippen molar-refractivity contribution in [2.45, 2.75) is 52.9 Å². The van der Waals surface area contributed by atoms with E-state index in [9.17, 15) is 15.3 Å². The Bertz CT molecular complexity index is 445. The highest BCUT2D eigenvalue weighted by Crippen LogP contribution is 2.24. The number of nitrogens with one attached hydrogen (secondary N) is 1. The van der Waals surface area contributed by atoms with E-state index in [2.05, 4.69) is 24.1 Å². The van der Waals surface area contributed by atoms with Crippen LogP contribution in [0.1, 0.15) is 44.0 Å². The van der Waals surface area contributed by atoms with Gasteiger partial charge < -0.3 is 20.6 Å². The first-order chi connectivity index (χ1) is 9.26. The third-order valence-corrected chi connectivity index (χ3v) is 3.26. The van der Waals surface area contributed by atoms with E-state index in [0.717, 1.165) is 0 Å². The quantitative estimate of drug-likeness (QED) is 0.608. The fourth-order valence-corrected chi connectivity index (χ4v) is 2.43. The summed E-state index contributed by atoms with van der Waals surface area (Å²) in [7, 11) is 0. The summed E-state index contributed by atoms with van der Waals surface area (Å²) in [6, 6.07) is 0. The van der Waals surface area contributed by atoms with Crippen molar-refractivity contribution in [1.29, 1.82) is 0 Å². The highest BCUT2D eigenvalue weighted by molar-refractivity contribution is 5.40. The summed E-state index contributed by atoms with van der Waals surface area (Å²) in [4.78, 5) is 4.02. The van der Waals surface area contributed by atoms with Crippen LogP contribution in [0.2, 0.25) is 0 Å². The fraction of sp³-hybridized carbons (Fsp3) is 0.667. The van der Waals surface area contributed by atoms with Gasteiger partial charge in [-0.1, -0.05) is 13.8 Å². The van der Waals surface area contributed by atoms with Gasteiger partial charge in [-0.05, 0) is 26.2 Å². The maximum absolute atomic E-state index is 10.2. The van der Waals surface area contributed by atoms with E-state index in [1.807, 2.05) is 0 Å². The van der Waals surface area contributed by atoms with Crippen LogP contribution in [-0.2, 0) is 13.2 Å². The highest BCUT2D eigenvalue weighted by Gasteiger charge is 2.21. The molecule has 0 spiro atoms. The average Bonchev–Trinajstić information content (AvgIpc) is 2.33. The van der Waals surface area contributed by atoms with E-state index in [1.165, 1.54) is 0 Å². The molecule has 0 saturated heterocycles. The van der Waals surface area contributed by atoms with Crippen molar-refractivity contribution < 1.29 is 15.3 Å². The molecule has 0 aliphatic rings. The Balaban J connectivity index is 2.69. The van der Waals surface area contributed by atoms with Crippen LogP contribution < -0.4 is 5.32 Å². The van der Waals surface area contributed by atoms with Gasteiger partial charge in [0.25, 0.3) is 0 Å². The normalized spacial score (nSPS) is 14.6. The van der Waals surface area contributed by atoms with Crippen molar-refractivity contribution in [2.24, 2.45) is 5.92 Å². The van der Waals surface area contributed by atoms with Crippen LogP contribution in [0.4, 0.5) is 0 Å². The van der Waals surface area contributed by atoms with E-state index < -0.39 is 5.60 Å². The minimum absolute atomic E-state index is 0.104. The minimum Gasteiger partial charge on any atom is -0.506 e. The predicted molar refractivity (Wildman–Crippen MR) is 78.3 cm³/mol. The average molecular weight is 282 g/mol. The van der Waals surface area contributed by atoms with Crippen LogP contribution in [0, 0.1) is 12.8 Å². The summed E-state index contributed by atoms with van der Waals surface area (Å²) in [6.07, 6.45) is 2.27. The van der Waals surface area contributed by atoms with Gasteiger partial charge in [-0.2, -0.15) is 0 Å². The third-order valence-electron chi connectivity index (χ3n) is 3.26.